The van der Waals surface area contributed by atoms with Crippen molar-refractivity contribution in [1.29, 1.82) is 0 Å². The van der Waals surface area contributed by atoms with Crippen LogP contribution in [0.15, 0.2) is 107 Å². The molecule has 0 saturated carbocycles. The maximum absolute atomic E-state index is 13.3. The van der Waals surface area contributed by atoms with Gasteiger partial charge >= 0.3 is 0 Å². The number of ether oxygens (including phenoxy) is 3. The number of sulfonamides is 2. The topological polar surface area (TPSA) is 123 Å². The van der Waals surface area contributed by atoms with Gasteiger partial charge in [-0.2, -0.15) is 0 Å². The van der Waals surface area contributed by atoms with Gasteiger partial charge in [0.2, 0.25) is 20.0 Å². The Bertz CT molecular complexity index is 2170. The largest absolute Gasteiger partial charge is 0.494 e. The molecule has 0 saturated heterocycles. The lowest BCUT2D eigenvalue weighted by molar-refractivity contribution is 0.304. The maximum Gasteiger partial charge on any atom is 0.240 e. The predicted octanol–water partition coefficient (Wildman–Crippen LogP) is 21.1. The first kappa shape index (κ1) is 76.4. The highest BCUT2D eigenvalue weighted by Crippen LogP contribution is 2.23. The third-order valence-corrected chi connectivity index (χ3v) is 19.4. The molecule has 3 aromatic carbocycles. The minimum Gasteiger partial charge on any atom is -0.494 e. The standard InChI is InChI=1S/C74H125N3O7S2/c1-4-7-10-13-16-19-22-25-28-31-34-37-40-47-66-82-70-52-50-69(51-53-70)77(64-45-43-62-75-85(78,79)73-58-54-71(55-59-73)83-67-48-41-38-35-32-29-26-23-20-17-14-11-8-5-2)65-46-44-63-76-86(80,81)74-60-56-72(57-61-74)84-68-49-42-39-36-33-30-27-24-21-18-15-12-9-6-3/h43-46,50-61,75-76H,4-42,47-49,62-68H2,1-3H3/b45-43+,46-44+. The summed E-state index contributed by atoms with van der Waals surface area (Å²) in [6.45, 7) is 10.0. The minimum absolute atomic E-state index is 0.129. The highest BCUT2D eigenvalue weighted by molar-refractivity contribution is 7.89. The Labute approximate surface area is 528 Å². The summed E-state index contributed by atoms with van der Waals surface area (Å²) in [6.07, 6.45) is 62.7. The molecule has 490 valence electrons. The van der Waals surface area contributed by atoms with E-state index < -0.39 is 20.0 Å². The first-order valence-corrected chi connectivity index (χ1v) is 38.4. The van der Waals surface area contributed by atoms with Crippen LogP contribution in [-0.2, 0) is 20.0 Å². The molecule has 3 aromatic rings. The van der Waals surface area contributed by atoms with Gasteiger partial charge in [-0.25, -0.2) is 26.3 Å². The van der Waals surface area contributed by atoms with Gasteiger partial charge < -0.3 is 19.1 Å². The van der Waals surface area contributed by atoms with Crippen molar-refractivity contribution in [3.8, 4) is 17.2 Å². The lowest BCUT2D eigenvalue weighted by Gasteiger charge is -2.22. The number of hydrogen-bond donors (Lipinski definition) is 2. The summed E-state index contributed by atoms with van der Waals surface area (Å²) in [4.78, 5) is 2.53. The van der Waals surface area contributed by atoms with Crippen molar-refractivity contribution in [2.75, 3.05) is 50.9 Å². The van der Waals surface area contributed by atoms with Gasteiger partial charge in [0.1, 0.15) is 17.2 Å². The number of anilines is 1. The van der Waals surface area contributed by atoms with E-state index in [9.17, 15) is 16.8 Å². The van der Waals surface area contributed by atoms with Crippen LogP contribution in [0.25, 0.3) is 0 Å². The molecule has 0 atom stereocenters. The molecule has 0 unspecified atom stereocenters. The van der Waals surface area contributed by atoms with Gasteiger partial charge in [0.25, 0.3) is 0 Å². The van der Waals surface area contributed by atoms with Gasteiger partial charge in [0, 0.05) is 31.9 Å². The molecule has 3 rings (SSSR count). The Morgan fingerprint density at radius 1 is 0.302 bits per heavy atom. The average molecular weight is 1230 g/mol. The molecular formula is C74H125N3O7S2. The van der Waals surface area contributed by atoms with E-state index in [1.165, 1.54) is 238 Å². The van der Waals surface area contributed by atoms with Gasteiger partial charge in [0.15, 0.2) is 0 Å². The summed E-state index contributed by atoms with van der Waals surface area (Å²) in [5.41, 5.74) is 0.961. The van der Waals surface area contributed by atoms with Crippen molar-refractivity contribution < 1.29 is 31.0 Å². The van der Waals surface area contributed by atoms with Crippen molar-refractivity contribution in [1.82, 2.24) is 9.44 Å². The molecule has 0 aliphatic rings. The molecule has 0 aliphatic carbocycles. The summed E-state index contributed by atoms with van der Waals surface area (Å²) < 4.78 is 76.5. The van der Waals surface area contributed by atoms with Crippen LogP contribution in [0.5, 0.6) is 17.2 Å². The molecule has 12 heteroatoms. The fourth-order valence-electron chi connectivity index (χ4n) is 11.0. The van der Waals surface area contributed by atoms with Crippen LogP contribution in [0.2, 0.25) is 0 Å². The molecule has 86 heavy (non-hydrogen) atoms. The zero-order chi connectivity index (χ0) is 61.5. The molecule has 0 fully saturated rings. The van der Waals surface area contributed by atoms with Crippen LogP contribution < -0.4 is 28.6 Å². The van der Waals surface area contributed by atoms with Gasteiger partial charge in [-0.15, -0.1) is 0 Å². The van der Waals surface area contributed by atoms with Gasteiger partial charge in [-0.3, -0.25) is 0 Å². The van der Waals surface area contributed by atoms with E-state index in [-0.39, 0.29) is 22.9 Å². The minimum atomic E-state index is -3.73. The molecule has 0 heterocycles. The molecule has 10 nitrogen and oxygen atoms in total. The van der Waals surface area contributed by atoms with Crippen LogP contribution in [0.3, 0.4) is 0 Å². The van der Waals surface area contributed by atoms with Crippen LogP contribution in [0, 0.1) is 0 Å². The van der Waals surface area contributed by atoms with Crippen LogP contribution in [0.1, 0.15) is 290 Å². The lowest BCUT2D eigenvalue weighted by Crippen LogP contribution is -2.26. The van der Waals surface area contributed by atoms with E-state index in [1.807, 2.05) is 48.6 Å². The first-order valence-electron chi connectivity index (χ1n) is 35.4. The molecule has 0 amide bonds. The fourth-order valence-corrected chi connectivity index (χ4v) is 12.9. The second-order valence-corrected chi connectivity index (χ2v) is 27.9. The number of nitrogens with zero attached hydrogens (tertiary/aromatic N) is 1. The first-order chi connectivity index (χ1) is 42.2. The van der Waals surface area contributed by atoms with Crippen molar-refractivity contribution >= 4 is 25.7 Å². The molecular weight excluding hydrogens is 1110 g/mol. The SMILES string of the molecule is CCCCCCCCCCCCCCCCOc1ccc(N(C/C=C/CNS(=O)(=O)c2ccc(OCCCCCCCCCCCCCCCC)cc2)C/C=C/CNS(=O)(=O)c2ccc(OCCCCCCCCCCCCCCCC)cc2)cc1. The number of benzene rings is 3. The van der Waals surface area contributed by atoms with Crippen LogP contribution >= 0.6 is 0 Å². The summed E-state index contributed by atoms with van der Waals surface area (Å²) in [7, 11) is -7.47. The van der Waals surface area contributed by atoms with Crippen molar-refractivity contribution in [3.05, 3.63) is 97.1 Å². The number of nitrogens with one attached hydrogen (secondary N) is 2. The van der Waals surface area contributed by atoms with Crippen molar-refractivity contribution in [2.24, 2.45) is 0 Å². The summed E-state index contributed by atoms with van der Waals surface area (Å²) in [5, 5.41) is 0. The Balaban J connectivity index is 1.41. The quantitative estimate of drug-likeness (QED) is 0.0423. The zero-order valence-electron chi connectivity index (χ0n) is 55.0. The molecule has 2 N–H and O–H groups in total. The summed E-state index contributed by atoms with van der Waals surface area (Å²) in [5.74, 6) is 2.18. The summed E-state index contributed by atoms with van der Waals surface area (Å²) in [6, 6.07) is 21.4. The van der Waals surface area contributed by atoms with E-state index in [2.05, 4.69) is 35.1 Å². The van der Waals surface area contributed by atoms with E-state index in [4.69, 9.17) is 14.2 Å². The normalized spacial score (nSPS) is 12.0. The van der Waals surface area contributed by atoms with E-state index >= 15 is 0 Å². The Morgan fingerprint density at radius 3 is 0.767 bits per heavy atom. The highest BCUT2D eigenvalue weighted by atomic mass is 32.2. The van der Waals surface area contributed by atoms with Crippen molar-refractivity contribution in [2.45, 2.75) is 300 Å². The van der Waals surface area contributed by atoms with Gasteiger partial charge in [0.05, 0.1) is 29.6 Å². The predicted molar refractivity (Wildman–Crippen MR) is 368 cm³/mol. The highest BCUT2D eigenvalue weighted by Gasteiger charge is 2.15. The van der Waals surface area contributed by atoms with E-state index in [1.54, 1.807) is 48.5 Å². The Hall–Kier alpha value is -3.84. The third kappa shape index (κ3) is 40.7. The molecule has 0 bridgehead atoms. The average Bonchev–Trinajstić information content (AvgIpc) is 3.73. The lowest BCUT2D eigenvalue weighted by atomic mass is 10.0. The molecule has 0 aromatic heterocycles. The number of hydrogen-bond acceptors (Lipinski definition) is 8. The fraction of sp³-hybridized carbons (Fsp3) is 0.703. The Kier molecular flexibility index (Phi) is 47.1. The second kappa shape index (κ2) is 53.0. The molecule has 0 spiro atoms. The maximum atomic E-state index is 13.3. The van der Waals surface area contributed by atoms with E-state index in [0.29, 0.717) is 44.4 Å². The number of rotatable bonds is 61. The number of unbranched alkanes of at least 4 members (excludes halogenated alkanes) is 39. The van der Waals surface area contributed by atoms with Gasteiger partial charge in [-0.05, 0) is 92.1 Å². The Morgan fingerprint density at radius 2 is 0.523 bits per heavy atom. The third-order valence-electron chi connectivity index (χ3n) is 16.5. The van der Waals surface area contributed by atoms with Crippen molar-refractivity contribution in [3.63, 3.8) is 0 Å². The molecule has 0 radical (unpaired) electrons. The van der Waals surface area contributed by atoms with Gasteiger partial charge in [-0.1, -0.05) is 295 Å². The smallest absolute Gasteiger partial charge is 0.240 e. The molecule has 0 aliphatic heterocycles. The monoisotopic (exact) mass is 1230 g/mol. The van der Waals surface area contributed by atoms with E-state index in [0.717, 1.165) is 43.5 Å². The zero-order valence-corrected chi connectivity index (χ0v) is 56.6. The van der Waals surface area contributed by atoms with Crippen LogP contribution in [0.4, 0.5) is 5.69 Å². The van der Waals surface area contributed by atoms with Crippen LogP contribution in [-0.4, -0.2) is 62.8 Å². The second-order valence-electron chi connectivity index (χ2n) is 24.3. The summed E-state index contributed by atoms with van der Waals surface area (Å²) >= 11 is 0.